The zero-order chi connectivity index (χ0) is 15.2. The third kappa shape index (κ3) is 3.81. The highest BCUT2D eigenvalue weighted by Gasteiger charge is 2.11. The summed E-state index contributed by atoms with van der Waals surface area (Å²) < 4.78 is 1.82. The van der Waals surface area contributed by atoms with Gasteiger partial charge in [-0.05, 0) is 11.4 Å². The lowest BCUT2D eigenvalue weighted by Crippen LogP contribution is -2.12. The third-order valence-electron chi connectivity index (χ3n) is 2.71. The second-order valence-electron chi connectivity index (χ2n) is 4.08. The molecule has 0 fully saturated rings. The summed E-state index contributed by atoms with van der Waals surface area (Å²) in [5.74, 6) is 1.16. The van der Waals surface area contributed by atoms with Gasteiger partial charge in [-0.2, -0.15) is 5.26 Å². The average Bonchev–Trinajstić information content (AvgIpc) is 3.06. The molecular weight excluding hydrogens is 308 g/mol. The zero-order valence-electron chi connectivity index (χ0n) is 11.4. The molecular formula is C12H14N6OS2. The van der Waals surface area contributed by atoms with Crippen LogP contribution < -0.4 is 11.1 Å². The molecule has 9 heteroatoms. The average molecular weight is 322 g/mol. The van der Waals surface area contributed by atoms with Crippen molar-refractivity contribution < 1.29 is 4.79 Å². The number of nitrogens with two attached hydrogens (primary N) is 1. The smallest absolute Gasteiger partial charge is 0.225 e. The predicted molar refractivity (Wildman–Crippen MR) is 81.9 cm³/mol. The predicted octanol–water partition coefficient (Wildman–Crippen LogP) is 1.33. The normalized spacial score (nSPS) is 10.3. The van der Waals surface area contributed by atoms with Gasteiger partial charge in [0, 0.05) is 19.2 Å². The number of nitrogens with zero attached hydrogens (tertiary/aromatic N) is 4. The Kier molecular flexibility index (Phi) is 5.32. The second-order valence-corrected chi connectivity index (χ2v) is 6.06. The summed E-state index contributed by atoms with van der Waals surface area (Å²) in [6.07, 6.45) is 0.332. The summed E-state index contributed by atoms with van der Waals surface area (Å²) in [5, 5.41) is 22.7. The van der Waals surface area contributed by atoms with Crippen LogP contribution in [0, 0.1) is 11.3 Å². The molecule has 2 aromatic rings. The molecule has 21 heavy (non-hydrogen) atoms. The number of anilines is 1. The number of amides is 1. The molecule has 7 nitrogen and oxygen atoms in total. The lowest BCUT2D eigenvalue weighted by molar-refractivity contribution is -0.115. The van der Waals surface area contributed by atoms with E-state index in [1.165, 1.54) is 23.1 Å². The molecule has 0 radical (unpaired) electrons. The fourth-order valence-corrected chi connectivity index (χ4v) is 3.19. The molecule has 3 N–H and O–H groups in total. The maximum absolute atomic E-state index is 11.8. The van der Waals surface area contributed by atoms with Gasteiger partial charge >= 0.3 is 0 Å². The maximum Gasteiger partial charge on any atom is 0.225 e. The van der Waals surface area contributed by atoms with Gasteiger partial charge in [0.05, 0.1) is 12.1 Å². The molecule has 0 aliphatic heterocycles. The highest BCUT2D eigenvalue weighted by Crippen LogP contribution is 2.23. The van der Waals surface area contributed by atoms with Crippen LogP contribution in [0.4, 0.5) is 5.00 Å². The minimum atomic E-state index is -0.123. The Morgan fingerprint density at radius 1 is 1.62 bits per heavy atom. The van der Waals surface area contributed by atoms with Crippen molar-refractivity contribution in [1.82, 2.24) is 14.8 Å². The zero-order valence-corrected chi connectivity index (χ0v) is 13.0. The van der Waals surface area contributed by atoms with Crippen LogP contribution in [0.25, 0.3) is 0 Å². The van der Waals surface area contributed by atoms with Crippen molar-refractivity contribution >= 4 is 34.0 Å². The Morgan fingerprint density at radius 3 is 3.10 bits per heavy atom. The largest absolute Gasteiger partial charge is 0.324 e. The molecule has 110 valence electrons. The van der Waals surface area contributed by atoms with E-state index in [0.717, 1.165) is 5.16 Å². The number of nitrogens with one attached hydrogen (secondary N) is 1. The van der Waals surface area contributed by atoms with E-state index in [0.29, 0.717) is 35.1 Å². The number of hydrogen-bond acceptors (Lipinski definition) is 7. The lowest BCUT2D eigenvalue weighted by Gasteiger charge is -2.04. The quantitative estimate of drug-likeness (QED) is 0.776. The van der Waals surface area contributed by atoms with Crippen molar-refractivity contribution in [3.8, 4) is 6.07 Å². The summed E-state index contributed by atoms with van der Waals surface area (Å²) in [4.78, 5) is 11.8. The Morgan fingerprint density at radius 2 is 2.43 bits per heavy atom. The molecule has 0 atom stereocenters. The van der Waals surface area contributed by atoms with Crippen LogP contribution in [0.5, 0.6) is 0 Å². The number of aromatic nitrogens is 3. The Labute approximate surface area is 130 Å². The monoisotopic (exact) mass is 322 g/mol. The number of carbonyl (C=O) groups is 1. The van der Waals surface area contributed by atoms with Crippen molar-refractivity contribution in [3.63, 3.8) is 0 Å². The van der Waals surface area contributed by atoms with Gasteiger partial charge < -0.3 is 15.6 Å². The third-order valence-corrected chi connectivity index (χ3v) is 4.56. The van der Waals surface area contributed by atoms with Crippen molar-refractivity contribution in [2.75, 3.05) is 11.1 Å². The van der Waals surface area contributed by atoms with Crippen LogP contribution in [0.15, 0.2) is 16.6 Å². The van der Waals surface area contributed by atoms with Gasteiger partial charge in [-0.15, -0.1) is 21.5 Å². The molecule has 0 aromatic carbocycles. The molecule has 0 bridgehead atoms. The van der Waals surface area contributed by atoms with Gasteiger partial charge in [0.15, 0.2) is 5.16 Å². The van der Waals surface area contributed by atoms with Crippen LogP contribution in [0.3, 0.4) is 0 Å². The van der Waals surface area contributed by atoms with E-state index in [4.69, 9.17) is 11.0 Å². The van der Waals surface area contributed by atoms with Gasteiger partial charge in [-0.25, -0.2) is 0 Å². The summed E-state index contributed by atoms with van der Waals surface area (Å²) in [7, 11) is 1.84. The Bertz CT molecular complexity index is 672. The molecule has 0 unspecified atom stereocenters. The standard InChI is InChI=1S/C12H14N6OS2/c1-18-9(7-14)16-17-12(18)21-5-3-10(19)15-11-8(6-13)2-4-20-11/h2,4H,3,5,7,14H2,1H3,(H,15,19). The van der Waals surface area contributed by atoms with E-state index in [1.54, 1.807) is 11.4 Å². The van der Waals surface area contributed by atoms with Crippen LogP contribution in [0.2, 0.25) is 0 Å². The number of rotatable bonds is 6. The highest BCUT2D eigenvalue weighted by molar-refractivity contribution is 7.99. The number of hydrogen-bond donors (Lipinski definition) is 2. The lowest BCUT2D eigenvalue weighted by atomic mass is 10.3. The molecule has 0 saturated carbocycles. The molecule has 0 aliphatic carbocycles. The number of thiophene rings is 1. The second kappa shape index (κ2) is 7.21. The van der Waals surface area contributed by atoms with E-state index in [9.17, 15) is 4.79 Å². The Hall–Kier alpha value is -1.89. The van der Waals surface area contributed by atoms with E-state index in [2.05, 4.69) is 15.5 Å². The summed E-state index contributed by atoms with van der Waals surface area (Å²) in [5.41, 5.74) is 6.01. The van der Waals surface area contributed by atoms with Crippen molar-refractivity contribution in [2.45, 2.75) is 18.1 Å². The Balaban J connectivity index is 1.82. The number of carbonyl (C=O) groups excluding carboxylic acids is 1. The van der Waals surface area contributed by atoms with Gasteiger partial charge in [-0.3, -0.25) is 4.79 Å². The molecule has 2 aromatic heterocycles. The summed E-state index contributed by atoms with van der Waals surface area (Å²) in [6.45, 7) is 0.333. The SMILES string of the molecule is Cn1c(CN)nnc1SCCC(=O)Nc1sccc1C#N. The first-order valence-corrected chi connectivity index (χ1v) is 8.00. The molecule has 0 saturated heterocycles. The first-order chi connectivity index (χ1) is 10.2. The fraction of sp³-hybridized carbons (Fsp3) is 0.333. The molecule has 0 aliphatic rings. The minimum Gasteiger partial charge on any atom is -0.324 e. The summed E-state index contributed by atoms with van der Waals surface area (Å²) >= 11 is 2.78. The van der Waals surface area contributed by atoms with Crippen LogP contribution in [-0.2, 0) is 18.4 Å². The van der Waals surface area contributed by atoms with E-state index >= 15 is 0 Å². The van der Waals surface area contributed by atoms with Crippen molar-refractivity contribution in [2.24, 2.45) is 12.8 Å². The molecule has 0 spiro atoms. The number of thioether (sulfide) groups is 1. The first kappa shape index (κ1) is 15.5. The van der Waals surface area contributed by atoms with Crippen LogP contribution in [0.1, 0.15) is 17.8 Å². The van der Waals surface area contributed by atoms with E-state index < -0.39 is 0 Å². The molecule has 2 rings (SSSR count). The van der Waals surface area contributed by atoms with Gasteiger partial charge in [-0.1, -0.05) is 11.8 Å². The molecule has 1 amide bonds. The number of nitriles is 1. The van der Waals surface area contributed by atoms with Gasteiger partial charge in [0.2, 0.25) is 5.91 Å². The maximum atomic E-state index is 11.8. The van der Waals surface area contributed by atoms with Crippen LogP contribution >= 0.6 is 23.1 Å². The van der Waals surface area contributed by atoms with Crippen molar-refractivity contribution in [3.05, 3.63) is 22.8 Å². The summed E-state index contributed by atoms with van der Waals surface area (Å²) in [6, 6.07) is 3.72. The van der Waals surface area contributed by atoms with Gasteiger partial charge in [0.25, 0.3) is 0 Å². The van der Waals surface area contributed by atoms with E-state index in [1.807, 2.05) is 17.7 Å². The molecule has 2 heterocycles. The highest BCUT2D eigenvalue weighted by atomic mass is 32.2. The van der Waals surface area contributed by atoms with E-state index in [-0.39, 0.29) is 5.91 Å². The topological polar surface area (TPSA) is 110 Å². The minimum absolute atomic E-state index is 0.123. The fourth-order valence-electron chi connectivity index (χ4n) is 1.57. The van der Waals surface area contributed by atoms with Crippen LogP contribution in [-0.4, -0.2) is 26.4 Å². The van der Waals surface area contributed by atoms with Gasteiger partial charge in [0.1, 0.15) is 16.9 Å². The van der Waals surface area contributed by atoms with Crippen molar-refractivity contribution in [1.29, 1.82) is 5.26 Å². The first-order valence-electron chi connectivity index (χ1n) is 6.14.